The number of ether oxygens (including phenoxy) is 13. The molecule has 496 valence electrons. The zero-order valence-corrected chi connectivity index (χ0v) is 54.8. The Morgan fingerprint density at radius 3 is 1.65 bits per heavy atom. The lowest BCUT2D eigenvalue weighted by Gasteiger charge is -2.51. The largest absolute Gasteiger partial charge is 0.508 e. The van der Waals surface area contributed by atoms with E-state index in [0.29, 0.717) is 4.90 Å². The molecule has 29 nitrogen and oxygen atoms in total. The van der Waals surface area contributed by atoms with Gasteiger partial charge in [0.15, 0.2) is 27.1 Å². The number of methoxy groups -OCH3 is 2. The lowest BCUT2D eigenvalue weighted by molar-refractivity contribution is -0.351. The van der Waals surface area contributed by atoms with Crippen LogP contribution in [0.3, 0.4) is 0 Å². The molecule has 0 N–H and O–H groups in total. The Kier molecular flexibility index (Phi) is 20.3. The molecule has 6 saturated heterocycles. The van der Waals surface area contributed by atoms with Gasteiger partial charge in [0.25, 0.3) is 31.7 Å². The van der Waals surface area contributed by atoms with Crippen LogP contribution in [0, 0.1) is 6.92 Å². The number of carbonyl (C=O) groups is 9. The SMILES string of the molecule is COC(=O)[C@@]1(OCCCN=[N+]=[N-])C[C@@H]2OC(=O)N(C(=O)COC(=O)c3ccc(C)cc3)[C@H]2[C@H](C2OC(=O)OCC2O[C@]2(C(=O)OC)C[C@@H]3OC(=O)N(C(=O)CO[Si](c4ccccc4)(c4ccccc4)C(C)(C)C)[C@H]3[C@H](C3OC(=O)OCC3O[Si](C)(C)C(C)(C)C)O2)O1. The second-order valence-electron chi connectivity index (χ2n) is 25.3. The molecule has 4 amide bonds. The molecule has 3 aromatic carbocycles. The highest BCUT2D eigenvalue weighted by Crippen LogP contribution is 2.48. The van der Waals surface area contributed by atoms with Crippen LogP contribution in [0.15, 0.2) is 90.0 Å². The van der Waals surface area contributed by atoms with E-state index < -0.39 is 193 Å². The first kappa shape index (κ1) is 68.4. The Bertz CT molecular complexity index is 3290. The third kappa shape index (κ3) is 13.6. The first-order valence-corrected chi connectivity index (χ1v) is 34.6. The fourth-order valence-corrected chi connectivity index (χ4v) is 17.9. The number of hydrogen-bond acceptors (Lipinski definition) is 25. The maximum Gasteiger partial charge on any atom is 0.508 e. The lowest BCUT2D eigenvalue weighted by Crippen LogP contribution is -2.71. The molecule has 0 saturated carbocycles. The van der Waals surface area contributed by atoms with Crippen LogP contribution in [-0.2, 0) is 89.6 Å². The van der Waals surface area contributed by atoms with Crippen molar-refractivity contribution in [1.82, 2.24) is 9.80 Å². The van der Waals surface area contributed by atoms with Crippen LogP contribution >= 0.6 is 0 Å². The number of nitrogens with zero attached hydrogens (tertiary/aromatic N) is 5. The highest BCUT2D eigenvalue weighted by molar-refractivity contribution is 6.99. The van der Waals surface area contributed by atoms with Gasteiger partial charge in [-0.3, -0.25) is 9.59 Å². The van der Waals surface area contributed by atoms with Crippen molar-refractivity contribution < 1.29 is 114 Å². The van der Waals surface area contributed by atoms with Gasteiger partial charge in [0.1, 0.15) is 68.5 Å². The van der Waals surface area contributed by atoms with E-state index in [2.05, 4.69) is 10.0 Å². The fraction of sp³-hybridized carbons (Fsp3) is 0.557. The number of rotatable bonds is 21. The Balaban J connectivity index is 1.13. The molecule has 92 heavy (non-hydrogen) atoms. The summed E-state index contributed by atoms with van der Waals surface area (Å²) in [5.41, 5.74) is 9.86. The van der Waals surface area contributed by atoms with E-state index in [9.17, 15) is 33.6 Å². The predicted molar refractivity (Wildman–Crippen MR) is 319 cm³/mol. The summed E-state index contributed by atoms with van der Waals surface area (Å²) in [6.07, 6.45) is -20.6. The molecule has 6 aliphatic rings. The summed E-state index contributed by atoms with van der Waals surface area (Å²) in [6.45, 7) is 13.9. The van der Waals surface area contributed by atoms with Gasteiger partial charge in [0, 0.05) is 11.5 Å². The molecule has 9 rings (SSSR count). The minimum atomic E-state index is -3.50. The number of imide groups is 2. The van der Waals surface area contributed by atoms with Gasteiger partial charge in [-0.2, -0.15) is 0 Å². The number of cyclic esters (lactones) is 4. The number of azide groups is 1. The van der Waals surface area contributed by atoms with Gasteiger partial charge in [-0.25, -0.2) is 43.4 Å². The van der Waals surface area contributed by atoms with Gasteiger partial charge in [-0.1, -0.05) is 125 Å². The van der Waals surface area contributed by atoms with E-state index in [-0.39, 0.29) is 25.1 Å². The zero-order chi connectivity index (χ0) is 66.7. The van der Waals surface area contributed by atoms with Gasteiger partial charge >= 0.3 is 42.4 Å². The Morgan fingerprint density at radius 2 is 1.14 bits per heavy atom. The summed E-state index contributed by atoms with van der Waals surface area (Å²) in [5.74, 6) is -11.1. The van der Waals surface area contributed by atoms with Crippen molar-refractivity contribution in [3.8, 4) is 0 Å². The summed E-state index contributed by atoms with van der Waals surface area (Å²) in [5, 5.41) is 3.99. The van der Waals surface area contributed by atoms with Crippen molar-refractivity contribution in [3.05, 3.63) is 106 Å². The smallest absolute Gasteiger partial charge is 0.465 e. The molecule has 6 heterocycles. The molecule has 6 fully saturated rings. The van der Waals surface area contributed by atoms with Crippen molar-refractivity contribution in [2.24, 2.45) is 5.11 Å². The molecule has 6 aliphatic heterocycles. The first-order chi connectivity index (χ1) is 43.5. The second kappa shape index (κ2) is 27.3. The average molecular weight is 1320 g/mol. The summed E-state index contributed by atoms with van der Waals surface area (Å²) in [7, 11) is -4.46. The normalized spacial score (nSPS) is 28.1. The molecular formula is C61H75N5O24Si2. The van der Waals surface area contributed by atoms with Gasteiger partial charge in [-0.05, 0) is 64.6 Å². The van der Waals surface area contributed by atoms with Gasteiger partial charge in [0.05, 0.1) is 39.2 Å². The lowest BCUT2D eigenvalue weighted by atomic mass is 9.86. The minimum absolute atomic E-state index is 0.00633. The number of amides is 4. The number of hydrogen-bond donors (Lipinski definition) is 0. The van der Waals surface area contributed by atoms with E-state index in [0.717, 1.165) is 35.1 Å². The molecule has 4 unspecified atom stereocenters. The average Bonchev–Trinajstić information content (AvgIpc) is 1.42. The maximum atomic E-state index is 15.3. The maximum absolute atomic E-state index is 15.3. The van der Waals surface area contributed by atoms with Crippen LogP contribution in [0.1, 0.15) is 76.7 Å². The van der Waals surface area contributed by atoms with Crippen LogP contribution < -0.4 is 10.4 Å². The minimum Gasteiger partial charge on any atom is -0.465 e. The van der Waals surface area contributed by atoms with E-state index in [1.807, 2.05) is 115 Å². The van der Waals surface area contributed by atoms with Crippen LogP contribution in [0.2, 0.25) is 23.2 Å². The topological polar surface area (TPSA) is 347 Å². The van der Waals surface area contributed by atoms with Gasteiger partial charge in [0.2, 0.25) is 0 Å². The van der Waals surface area contributed by atoms with Crippen molar-refractivity contribution in [2.75, 3.05) is 53.8 Å². The summed E-state index contributed by atoms with van der Waals surface area (Å²) >= 11 is 0. The van der Waals surface area contributed by atoms with Crippen LogP contribution in [0.5, 0.6) is 0 Å². The molecule has 3 aromatic rings. The van der Waals surface area contributed by atoms with E-state index in [1.54, 1.807) is 19.1 Å². The van der Waals surface area contributed by atoms with E-state index in [4.69, 9.17) is 76.0 Å². The molecule has 12 atom stereocenters. The highest BCUT2D eigenvalue weighted by atomic mass is 28.4. The predicted octanol–water partition coefficient (Wildman–Crippen LogP) is 6.04. The quantitative estimate of drug-likeness (QED) is 0.0223. The molecular weight excluding hydrogens is 1240 g/mol. The van der Waals surface area contributed by atoms with Crippen LogP contribution in [0.4, 0.5) is 19.2 Å². The molecule has 31 heteroatoms. The summed E-state index contributed by atoms with van der Waals surface area (Å²) in [6, 6.07) is 21.7. The third-order valence-electron chi connectivity index (χ3n) is 17.5. The first-order valence-electron chi connectivity index (χ1n) is 29.8. The number of fused-ring (bicyclic) bond motifs is 2. The highest BCUT2D eigenvalue weighted by Gasteiger charge is 2.69. The molecule has 0 aliphatic carbocycles. The molecule has 0 spiro atoms. The Labute approximate surface area is 531 Å². The fourth-order valence-electron chi connectivity index (χ4n) is 12.1. The zero-order valence-electron chi connectivity index (χ0n) is 52.8. The summed E-state index contributed by atoms with van der Waals surface area (Å²) < 4.78 is 90.8. The molecule has 0 bridgehead atoms. The van der Waals surface area contributed by atoms with E-state index in [1.165, 1.54) is 12.1 Å². The standard InChI is InChI=1S/C61H75N5O24Si2/c1-35-23-25-36(26-24-35)51(69)78-33-43(67)65-45-39(83-54(65)72)29-60(52(70)76-8,81-28-18-27-63-64-62)88-49(45)47-41(31-79-56(74)85-47)87-61(53(71)77-9)30-40-46(50(89-61)48-42(32-80-57(75)86-48)90-91(10,11)58(2,3)4)66(55(73)84-40)44(68)34-82-92(59(5,6)7,37-19-14-12-15-20-37)38-21-16-13-17-22-38/h12-17,19-26,39-42,45-50H,18,27-34H2,1-11H3/t39-,40-,41?,42?,45+,46+,47?,48?,49+,50+,60+,61+/m0/s1. The van der Waals surface area contributed by atoms with Gasteiger partial charge in [-0.15, -0.1) is 0 Å². The van der Waals surface area contributed by atoms with Crippen molar-refractivity contribution in [2.45, 2.75) is 163 Å². The van der Waals surface area contributed by atoms with E-state index >= 15 is 9.59 Å². The van der Waals surface area contributed by atoms with Crippen LogP contribution in [-0.4, -0.2) is 207 Å². The number of benzene rings is 3. The second-order valence-corrected chi connectivity index (χ2v) is 34.4. The van der Waals surface area contributed by atoms with Crippen molar-refractivity contribution >= 4 is 81.2 Å². The molecule has 0 aromatic heterocycles. The van der Waals surface area contributed by atoms with Gasteiger partial charge < -0.3 is 70.4 Å². The monoisotopic (exact) mass is 1320 g/mol. The molecule has 0 radical (unpaired) electrons. The number of carbonyl (C=O) groups excluding carboxylic acids is 9. The Morgan fingerprint density at radius 1 is 0.652 bits per heavy atom. The van der Waals surface area contributed by atoms with Crippen LogP contribution in [0.25, 0.3) is 10.4 Å². The third-order valence-corrected chi connectivity index (χ3v) is 27.0. The summed E-state index contributed by atoms with van der Waals surface area (Å²) in [4.78, 5) is 132. The Hall–Kier alpha value is -8.01. The van der Waals surface area contributed by atoms with Crippen molar-refractivity contribution in [1.29, 1.82) is 0 Å². The van der Waals surface area contributed by atoms with Crippen molar-refractivity contribution in [3.63, 3.8) is 0 Å². The number of esters is 3. The number of aryl methyl sites for hydroxylation is 1.